The fraction of sp³-hybridized carbons (Fsp3) is 0.455. The summed E-state index contributed by atoms with van der Waals surface area (Å²) in [6.07, 6.45) is 4.00. The number of thiazole rings is 1. The van der Waals surface area contributed by atoms with Gasteiger partial charge in [0, 0.05) is 49.7 Å². The molecule has 4 heterocycles. The number of alkyl carbamates (subject to hydrolysis) is 1. The summed E-state index contributed by atoms with van der Waals surface area (Å²) in [4.78, 5) is 36.2. The molecule has 32 heavy (non-hydrogen) atoms. The van der Waals surface area contributed by atoms with Crippen molar-refractivity contribution in [2.24, 2.45) is 0 Å². The minimum Gasteiger partial charge on any atom is -0.444 e. The molecule has 0 atom stereocenters. The van der Waals surface area contributed by atoms with Crippen LogP contribution in [0.3, 0.4) is 0 Å². The van der Waals surface area contributed by atoms with Crippen LogP contribution in [0.4, 0.5) is 9.80 Å². The second-order valence-electron chi connectivity index (χ2n) is 8.71. The highest BCUT2D eigenvalue weighted by molar-refractivity contribution is 7.22. The first kappa shape index (κ1) is 22.6. The molecule has 170 valence electrons. The lowest BCUT2D eigenvalue weighted by atomic mass is 10.0. The summed E-state index contributed by atoms with van der Waals surface area (Å²) in [6, 6.07) is 1.97. The van der Waals surface area contributed by atoms with Crippen molar-refractivity contribution in [3.63, 3.8) is 0 Å². The van der Waals surface area contributed by atoms with E-state index in [4.69, 9.17) is 9.72 Å². The van der Waals surface area contributed by atoms with Gasteiger partial charge < -0.3 is 15.4 Å². The van der Waals surface area contributed by atoms with Gasteiger partial charge in [-0.15, -0.1) is 22.7 Å². The Labute approximate surface area is 195 Å². The average molecular weight is 474 g/mol. The lowest BCUT2D eigenvalue weighted by Gasteiger charge is -2.27. The lowest BCUT2D eigenvalue weighted by Crippen LogP contribution is -2.39. The standard InChI is InChI=1S/C22H27N5O3S2/c1-13(28)25-19-18(20-26-15-11-23-7-5-16(15)31-20)14-6-9-27(12-17(14)32-19)10-8-24-21(29)30-22(2,3)4/h5,7,11H,6,8-10,12H2,1-4H3,(H,24,29)(H,25,28). The van der Waals surface area contributed by atoms with E-state index in [9.17, 15) is 9.59 Å². The third kappa shape index (κ3) is 5.25. The number of thiophene rings is 1. The van der Waals surface area contributed by atoms with Crippen LogP contribution >= 0.6 is 22.7 Å². The molecule has 1 aliphatic rings. The highest BCUT2D eigenvalue weighted by Crippen LogP contribution is 2.45. The van der Waals surface area contributed by atoms with Gasteiger partial charge in [-0.05, 0) is 38.8 Å². The number of nitrogens with zero attached hydrogens (tertiary/aromatic N) is 3. The normalized spacial score (nSPS) is 14.2. The van der Waals surface area contributed by atoms with Crippen LogP contribution in [0.15, 0.2) is 18.5 Å². The van der Waals surface area contributed by atoms with E-state index < -0.39 is 11.7 Å². The Morgan fingerprint density at radius 2 is 2.09 bits per heavy atom. The van der Waals surface area contributed by atoms with E-state index in [0.717, 1.165) is 51.8 Å². The Kier molecular flexibility index (Phi) is 6.45. The summed E-state index contributed by atoms with van der Waals surface area (Å²) in [6.45, 7) is 9.97. The summed E-state index contributed by atoms with van der Waals surface area (Å²) >= 11 is 3.23. The third-order valence-corrected chi connectivity index (χ3v) is 7.11. The molecule has 3 aromatic rings. The molecule has 1 aliphatic heterocycles. The van der Waals surface area contributed by atoms with Crippen LogP contribution in [0.25, 0.3) is 20.8 Å². The lowest BCUT2D eigenvalue weighted by molar-refractivity contribution is -0.114. The zero-order valence-corrected chi connectivity index (χ0v) is 20.3. The van der Waals surface area contributed by atoms with Crippen molar-refractivity contribution in [2.75, 3.05) is 25.0 Å². The van der Waals surface area contributed by atoms with Crippen molar-refractivity contribution in [3.8, 4) is 10.6 Å². The first-order valence-corrected chi connectivity index (χ1v) is 12.1. The van der Waals surface area contributed by atoms with Gasteiger partial charge in [-0.3, -0.25) is 14.7 Å². The number of rotatable bonds is 5. The number of fused-ring (bicyclic) bond motifs is 2. The average Bonchev–Trinajstić information content (AvgIpc) is 3.25. The Morgan fingerprint density at radius 1 is 1.28 bits per heavy atom. The van der Waals surface area contributed by atoms with Crippen molar-refractivity contribution < 1.29 is 14.3 Å². The van der Waals surface area contributed by atoms with Crippen LogP contribution in [0.5, 0.6) is 0 Å². The van der Waals surface area contributed by atoms with Gasteiger partial charge in [0.1, 0.15) is 21.1 Å². The molecule has 0 radical (unpaired) electrons. The van der Waals surface area contributed by atoms with Crippen molar-refractivity contribution in [1.82, 2.24) is 20.2 Å². The Bertz CT molecular complexity index is 1120. The minimum atomic E-state index is -0.506. The Hall–Kier alpha value is -2.56. The second kappa shape index (κ2) is 9.13. The zero-order valence-electron chi connectivity index (χ0n) is 18.7. The largest absolute Gasteiger partial charge is 0.444 e. The minimum absolute atomic E-state index is 0.0916. The zero-order chi connectivity index (χ0) is 22.9. The number of anilines is 1. The van der Waals surface area contributed by atoms with Crippen LogP contribution in [0.1, 0.15) is 38.1 Å². The molecule has 0 spiro atoms. The SMILES string of the molecule is CC(=O)Nc1sc2c(c1-c1nc3cnccc3s1)CCN(CCNC(=O)OC(C)(C)C)C2. The van der Waals surface area contributed by atoms with Crippen molar-refractivity contribution in [1.29, 1.82) is 0 Å². The topological polar surface area (TPSA) is 96.5 Å². The predicted octanol–water partition coefficient (Wildman–Crippen LogP) is 4.26. The van der Waals surface area contributed by atoms with Crippen molar-refractivity contribution in [3.05, 3.63) is 28.9 Å². The van der Waals surface area contributed by atoms with Crippen LogP contribution in [-0.2, 0) is 22.5 Å². The van der Waals surface area contributed by atoms with Crippen molar-refractivity contribution in [2.45, 2.75) is 46.3 Å². The number of nitrogens with one attached hydrogen (secondary N) is 2. The molecule has 0 unspecified atom stereocenters. The van der Waals surface area contributed by atoms with Crippen LogP contribution < -0.4 is 10.6 Å². The van der Waals surface area contributed by atoms with Gasteiger partial charge in [-0.25, -0.2) is 9.78 Å². The molecule has 2 amide bonds. The number of carbonyl (C=O) groups is 2. The van der Waals surface area contributed by atoms with Crippen LogP contribution in [0, 0.1) is 0 Å². The van der Waals surface area contributed by atoms with Crippen molar-refractivity contribution >= 4 is 49.9 Å². The molecule has 10 heteroatoms. The molecule has 0 fully saturated rings. The smallest absolute Gasteiger partial charge is 0.407 e. The van der Waals surface area contributed by atoms with Gasteiger partial charge in [0.2, 0.25) is 5.91 Å². The third-order valence-electron chi connectivity index (χ3n) is 4.93. The molecule has 0 saturated carbocycles. The Morgan fingerprint density at radius 3 is 2.81 bits per heavy atom. The predicted molar refractivity (Wildman–Crippen MR) is 128 cm³/mol. The van der Waals surface area contributed by atoms with Crippen LogP contribution in [-0.4, -0.2) is 52.1 Å². The molecule has 0 aromatic carbocycles. The summed E-state index contributed by atoms with van der Waals surface area (Å²) < 4.78 is 6.37. The van der Waals surface area contributed by atoms with E-state index in [2.05, 4.69) is 20.5 Å². The Balaban J connectivity index is 1.50. The first-order chi connectivity index (χ1) is 15.2. The molecule has 0 bridgehead atoms. The molecule has 4 rings (SSSR count). The summed E-state index contributed by atoms with van der Waals surface area (Å²) in [5.74, 6) is -0.0916. The van der Waals surface area contributed by atoms with E-state index in [-0.39, 0.29) is 5.91 Å². The fourth-order valence-corrected chi connectivity index (χ4v) is 6.05. The summed E-state index contributed by atoms with van der Waals surface area (Å²) in [5, 5.41) is 7.59. The quantitative estimate of drug-likeness (QED) is 0.575. The monoisotopic (exact) mass is 473 g/mol. The molecular weight excluding hydrogens is 446 g/mol. The molecule has 0 aliphatic carbocycles. The highest BCUT2D eigenvalue weighted by Gasteiger charge is 2.27. The molecular formula is C22H27N5O3S2. The molecule has 8 nitrogen and oxygen atoms in total. The van der Waals surface area contributed by atoms with Gasteiger partial charge in [0.25, 0.3) is 0 Å². The van der Waals surface area contributed by atoms with E-state index in [1.54, 1.807) is 35.1 Å². The van der Waals surface area contributed by atoms with Gasteiger partial charge >= 0.3 is 6.09 Å². The van der Waals surface area contributed by atoms with E-state index >= 15 is 0 Å². The van der Waals surface area contributed by atoms with Gasteiger partial charge in [-0.2, -0.15) is 0 Å². The number of aromatic nitrogens is 2. The molecule has 2 N–H and O–H groups in total. The maximum atomic E-state index is 11.9. The van der Waals surface area contributed by atoms with Gasteiger partial charge in [0.05, 0.1) is 10.9 Å². The maximum absolute atomic E-state index is 11.9. The number of ether oxygens (including phenoxy) is 1. The van der Waals surface area contributed by atoms with Gasteiger partial charge in [0.15, 0.2) is 0 Å². The number of hydrogen-bond acceptors (Lipinski definition) is 8. The number of hydrogen-bond donors (Lipinski definition) is 2. The maximum Gasteiger partial charge on any atom is 0.407 e. The van der Waals surface area contributed by atoms with E-state index in [0.29, 0.717) is 6.54 Å². The molecule has 0 saturated heterocycles. The van der Waals surface area contributed by atoms with E-state index in [1.165, 1.54) is 17.4 Å². The number of carbonyl (C=O) groups excluding carboxylic acids is 2. The summed E-state index contributed by atoms with van der Waals surface area (Å²) in [7, 11) is 0. The highest BCUT2D eigenvalue weighted by atomic mass is 32.1. The number of pyridine rings is 1. The molecule has 3 aromatic heterocycles. The number of amides is 2. The van der Waals surface area contributed by atoms with E-state index in [1.807, 2.05) is 26.8 Å². The first-order valence-electron chi connectivity index (χ1n) is 10.5. The fourth-order valence-electron chi connectivity index (χ4n) is 3.64. The summed E-state index contributed by atoms with van der Waals surface area (Å²) in [5.41, 5.74) is 2.65. The second-order valence-corrected chi connectivity index (χ2v) is 10.8. The van der Waals surface area contributed by atoms with Gasteiger partial charge in [-0.1, -0.05) is 0 Å². The van der Waals surface area contributed by atoms with Crippen LogP contribution in [0.2, 0.25) is 0 Å².